The zero-order valence-electron chi connectivity index (χ0n) is 20.6. The predicted molar refractivity (Wildman–Crippen MR) is 132 cm³/mol. The van der Waals surface area contributed by atoms with E-state index in [-0.39, 0.29) is 23.9 Å². The molecule has 0 aromatic heterocycles. The third-order valence-corrected chi connectivity index (χ3v) is 6.83. The van der Waals surface area contributed by atoms with Crippen LogP contribution in [0.5, 0.6) is 5.75 Å². The van der Waals surface area contributed by atoms with Crippen molar-refractivity contribution in [1.29, 1.82) is 0 Å². The Morgan fingerprint density at radius 2 is 1.88 bits per heavy atom. The summed E-state index contributed by atoms with van der Waals surface area (Å²) in [6.45, 7) is 11.9. The van der Waals surface area contributed by atoms with Crippen molar-refractivity contribution < 1.29 is 14.3 Å². The molecule has 33 heavy (non-hydrogen) atoms. The Hall–Kier alpha value is -1.79. The van der Waals surface area contributed by atoms with Gasteiger partial charge in [-0.1, -0.05) is 45.4 Å². The van der Waals surface area contributed by atoms with E-state index in [1.807, 2.05) is 34.1 Å². The molecule has 0 saturated carbocycles. The van der Waals surface area contributed by atoms with Gasteiger partial charge in [-0.3, -0.25) is 9.59 Å². The van der Waals surface area contributed by atoms with E-state index < -0.39 is 0 Å². The lowest BCUT2D eigenvalue weighted by molar-refractivity contribution is -0.150. The fourth-order valence-corrected chi connectivity index (χ4v) is 5.01. The van der Waals surface area contributed by atoms with Gasteiger partial charge in [-0.05, 0) is 61.6 Å². The van der Waals surface area contributed by atoms with Gasteiger partial charge in [0, 0.05) is 31.2 Å². The first-order chi connectivity index (χ1) is 15.7. The molecule has 0 radical (unpaired) electrons. The zero-order chi connectivity index (χ0) is 24.0. The molecule has 1 aromatic rings. The Morgan fingerprint density at radius 1 is 1.15 bits per heavy atom. The van der Waals surface area contributed by atoms with Crippen molar-refractivity contribution in [2.75, 3.05) is 32.8 Å². The van der Waals surface area contributed by atoms with Crippen molar-refractivity contribution in [1.82, 2.24) is 15.1 Å². The molecule has 6 nitrogen and oxygen atoms in total. The molecule has 2 heterocycles. The first-order valence-corrected chi connectivity index (χ1v) is 12.8. The summed E-state index contributed by atoms with van der Waals surface area (Å²) in [7, 11) is 0. The van der Waals surface area contributed by atoms with Gasteiger partial charge in [0.1, 0.15) is 11.8 Å². The van der Waals surface area contributed by atoms with Crippen molar-refractivity contribution in [3.05, 3.63) is 29.3 Å². The van der Waals surface area contributed by atoms with E-state index in [1.165, 1.54) is 0 Å². The second-order valence-electron chi connectivity index (χ2n) is 10.4. The van der Waals surface area contributed by atoms with Crippen LogP contribution >= 0.6 is 11.6 Å². The summed E-state index contributed by atoms with van der Waals surface area (Å²) >= 11 is 6.04. The summed E-state index contributed by atoms with van der Waals surface area (Å²) in [6.07, 6.45) is 3.32. The Morgan fingerprint density at radius 3 is 2.52 bits per heavy atom. The Kier molecular flexibility index (Phi) is 9.45. The van der Waals surface area contributed by atoms with Crippen LogP contribution in [0.3, 0.4) is 0 Å². The number of nitrogens with zero attached hydrogens (tertiary/aromatic N) is 2. The number of benzene rings is 1. The normalized spacial score (nSPS) is 21.1. The summed E-state index contributed by atoms with van der Waals surface area (Å²) in [5.41, 5.74) is 0. The lowest BCUT2D eigenvalue weighted by Crippen LogP contribution is -2.62. The molecule has 2 amide bonds. The van der Waals surface area contributed by atoms with E-state index in [0.29, 0.717) is 55.4 Å². The molecule has 0 bridgehead atoms. The van der Waals surface area contributed by atoms with Gasteiger partial charge in [-0.15, -0.1) is 0 Å². The van der Waals surface area contributed by atoms with E-state index in [9.17, 15) is 9.59 Å². The Bertz CT molecular complexity index is 793. The lowest BCUT2D eigenvalue weighted by Gasteiger charge is -2.42. The third-order valence-electron chi connectivity index (χ3n) is 6.60. The van der Waals surface area contributed by atoms with Crippen molar-refractivity contribution in [2.24, 2.45) is 17.8 Å². The predicted octanol–water partition coefficient (Wildman–Crippen LogP) is 4.22. The van der Waals surface area contributed by atoms with Crippen LogP contribution in [0.4, 0.5) is 0 Å². The largest absolute Gasteiger partial charge is 0.493 e. The minimum absolute atomic E-state index is 0.0822. The van der Waals surface area contributed by atoms with Crippen LogP contribution in [0, 0.1) is 17.8 Å². The van der Waals surface area contributed by atoms with E-state index in [1.54, 1.807) is 0 Å². The average Bonchev–Trinajstić information content (AvgIpc) is 2.77. The fourth-order valence-electron chi connectivity index (χ4n) is 4.83. The number of carbonyl (C=O) groups excluding carboxylic acids is 2. The monoisotopic (exact) mass is 477 g/mol. The highest BCUT2D eigenvalue weighted by Gasteiger charge is 2.39. The van der Waals surface area contributed by atoms with Gasteiger partial charge in [0.25, 0.3) is 0 Å². The summed E-state index contributed by atoms with van der Waals surface area (Å²) in [5, 5.41) is 4.02. The molecule has 184 valence electrons. The Labute approximate surface area is 204 Å². The van der Waals surface area contributed by atoms with Crippen molar-refractivity contribution in [2.45, 2.75) is 65.5 Å². The molecule has 2 saturated heterocycles. The van der Waals surface area contributed by atoms with Gasteiger partial charge in [0.05, 0.1) is 12.6 Å². The smallest absolute Gasteiger partial charge is 0.245 e. The maximum atomic E-state index is 13.6. The van der Waals surface area contributed by atoms with Crippen LogP contribution < -0.4 is 10.1 Å². The van der Waals surface area contributed by atoms with Crippen LogP contribution in [0.1, 0.15) is 53.4 Å². The number of hydrogen-bond donors (Lipinski definition) is 1. The standard InChI is InChI=1S/C26H40ClN3O3/c1-18(2)14-23-25(31)30(13-10-28-23)24(15-19(3)4)26(32)29-11-8-20(9-12-29)17-33-22-7-5-6-21(27)16-22/h5-7,16,18-20,23-24,28H,8-15,17H2,1-4H3/t23-,24?/m0/s1. The number of likely N-dealkylation sites (tertiary alicyclic amines) is 1. The minimum Gasteiger partial charge on any atom is -0.493 e. The highest BCUT2D eigenvalue weighted by atomic mass is 35.5. The van der Waals surface area contributed by atoms with E-state index in [4.69, 9.17) is 16.3 Å². The van der Waals surface area contributed by atoms with E-state index in [0.717, 1.165) is 31.6 Å². The number of piperazine rings is 1. The van der Waals surface area contributed by atoms with Crippen molar-refractivity contribution in [3.63, 3.8) is 0 Å². The number of ether oxygens (including phenoxy) is 1. The molecule has 1 N–H and O–H groups in total. The highest BCUT2D eigenvalue weighted by Crippen LogP contribution is 2.25. The molecule has 1 unspecified atom stereocenters. The molecule has 2 aliphatic heterocycles. The topological polar surface area (TPSA) is 61.9 Å². The molecule has 7 heteroatoms. The molecule has 0 spiro atoms. The van der Waals surface area contributed by atoms with Crippen molar-refractivity contribution in [3.8, 4) is 5.75 Å². The second kappa shape index (κ2) is 12.1. The Balaban J connectivity index is 1.58. The zero-order valence-corrected chi connectivity index (χ0v) is 21.3. The number of carbonyl (C=O) groups is 2. The molecular weight excluding hydrogens is 438 g/mol. The number of halogens is 1. The molecule has 2 atom stereocenters. The molecule has 3 rings (SSSR count). The number of amides is 2. The van der Waals surface area contributed by atoms with Gasteiger partial charge in [-0.25, -0.2) is 0 Å². The molecular formula is C26H40ClN3O3. The van der Waals surface area contributed by atoms with Gasteiger partial charge >= 0.3 is 0 Å². The first kappa shape index (κ1) is 25.8. The van der Waals surface area contributed by atoms with Gasteiger partial charge in [-0.2, -0.15) is 0 Å². The van der Waals surface area contributed by atoms with Gasteiger partial charge < -0.3 is 19.9 Å². The number of rotatable bonds is 9. The quantitative estimate of drug-likeness (QED) is 0.578. The minimum atomic E-state index is -0.367. The van der Waals surface area contributed by atoms with Crippen LogP contribution in [-0.4, -0.2) is 66.5 Å². The lowest BCUT2D eigenvalue weighted by atomic mass is 9.94. The first-order valence-electron chi connectivity index (χ1n) is 12.5. The molecule has 2 fully saturated rings. The third kappa shape index (κ3) is 7.35. The van der Waals surface area contributed by atoms with E-state index >= 15 is 0 Å². The second-order valence-corrected chi connectivity index (χ2v) is 10.8. The summed E-state index contributed by atoms with van der Waals surface area (Å²) in [5.74, 6) is 2.15. The summed E-state index contributed by atoms with van der Waals surface area (Å²) in [6, 6.07) is 6.91. The number of hydrogen-bond acceptors (Lipinski definition) is 4. The maximum absolute atomic E-state index is 13.6. The van der Waals surface area contributed by atoms with Crippen LogP contribution in [0.15, 0.2) is 24.3 Å². The van der Waals surface area contributed by atoms with Crippen molar-refractivity contribution >= 4 is 23.4 Å². The summed E-state index contributed by atoms with van der Waals surface area (Å²) < 4.78 is 5.93. The molecule has 1 aromatic carbocycles. The molecule has 0 aliphatic carbocycles. The number of piperidine rings is 1. The fraction of sp³-hybridized carbons (Fsp3) is 0.692. The van der Waals surface area contributed by atoms with E-state index in [2.05, 4.69) is 33.0 Å². The number of nitrogens with one attached hydrogen (secondary N) is 1. The highest BCUT2D eigenvalue weighted by molar-refractivity contribution is 6.30. The summed E-state index contributed by atoms with van der Waals surface area (Å²) in [4.78, 5) is 30.7. The van der Waals surface area contributed by atoms with Gasteiger partial charge in [0.15, 0.2) is 0 Å². The van der Waals surface area contributed by atoms with Crippen LogP contribution in [-0.2, 0) is 9.59 Å². The van der Waals surface area contributed by atoms with Crippen LogP contribution in [0.25, 0.3) is 0 Å². The SMILES string of the molecule is CC(C)CC(C(=O)N1CCC(COc2cccc(Cl)c2)CC1)N1CCN[C@@H](CC(C)C)C1=O. The molecule has 2 aliphatic rings. The average molecular weight is 478 g/mol. The maximum Gasteiger partial charge on any atom is 0.245 e. The van der Waals surface area contributed by atoms with Gasteiger partial charge in [0.2, 0.25) is 11.8 Å². The van der Waals surface area contributed by atoms with Crippen LogP contribution in [0.2, 0.25) is 5.02 Å².